The van der Waals surface area contributed by atoms with Crippen molar-refractivity contribution in [1.29, 1.82) is 0 Å². The number of ether oxygens (including phenoxy) is 2. The highest BCUT2D eigenvalue weighted by Crippen LogP contribution is 2.25. The summed E-state index contributed by atoms with van der Waals surface area (Å²) in [5, 5.41) is 7.95. The summed E-state index contributed by atoms with van der Waals surface area (Å²) in [6.45, 7) is 5.72. The maximum atomic E-state index is 12.6. The Balaban J connectivity index is 1.43. The molecule has 0 bridgehead atoms. The highest BCUT2D eigenvalue weighted by molar-refractivity contribution is 5.88. The van der Waals surface area contributed by atoms with Crippen LogP contribution in [-0.2, 0) is 14.3 Å². The summed E-state index contributed by atoms with van der Waals surface area (Å²) in [7, 11) is 1.65. The lowest BCUT2D eigenvalue weighted by atomic mass is 9.97. The molecule has 46 heavy (non-hydrogen) atoms. The largest absolute Gasteiger partial charge is 0.497 e. The number of allylic oxidation sites excluding steroid dienone is 12. The van der Waals surface area contributed by atoms with Crippen molar-refractivity contribution >= 4 is 22.6 Å². The molecule has 6 nitrogen and oxygen atoms in total. The van der Waals surface area contributed by atoms with E-state index in [0.717, 1.165) is 60.6 Å². The van der Waals surface area contributed by atoms with Crippen LogP contribution < -0.4 is 15.4 Å². The summed E-state index contributed by atoms with van der Waals surface area (Å²) in [6.07, 6.45) is 33.1. The van der Waals surface area contributed by atoms with Crippen LogP contribution in [0.15, 0.2) is 109 Å². The lowest BCUT2D eigenvalue weighted by Gasteiger charge is -2.14. The van der Waals surface area contributed by atoms with Gasteiger partial charge in [0.1, 0.15) is 5.75 Å². The van der Waals surface area contributed by atoms with Gasteiger partial charge in [0.05, 0.1) is 26.2 Å². The molecule has 2 N–H and O–H groups in total. The number of hydrogen-bond donors (Lipinski definition) is 2. The minimum Gasteiger partial charge on any atom is -0.497 e. The number of carbonyl (C=O) groups excluding carboxylic acids is 2. The van der Waals surface area contributed by atoms with Crippen LogP contribution in [0.2, 0.25) is 0 Å². The van der Waals surface area contributed by atoms with Crippen molar-refractivity contribution in [2.45, 2.75) is 71.1 Å². The third kappa shape index (κ3) is 17.4. The summed E-state index contributed by atoms with van der Waals surface area (Å²) in [5.74, 6) is 0.511. The van der Waals surface area contributed by atoms with Crippen molar-refractivity contribution in [2.24, 2.45) is 0 Å². The topological polar surface area (TPSA) is 76.7 Å². The maximum absolute atomic E-state index is 12.6. The van der Waals surface area contributed by atoms with Crippen molar-refractivity contribution in [1.82, 2.24) is 10.6 Å². The Kier molecular flexibility index (Phi) is 20.7. The van der Waals surface area contributed by atoms with Crippen molar-refractivity contribution in [3.8, 4) is 5.75 Å². The van der Waals surface area contributed by atoms with Crippen LogP contribution in [0.1, 0.15) is 76.7 Å². The van der Waals surface area contributed by atoms with Crippen LogP contribution in [-0.4, -0.2) is 45.2 Å². The first kappa shape index (κ1) is 38.0. The number of rotatable bonds is 23. The normalized spacial score (nSPS) is 12.9. The Bertz CT molecular complexity index is 1340. The number of carbonyl (C=O) groups is 2. The standard InChI is InChI=1S/C40H54N2O4/c1-4-5-6-7-8-9-10-11-12-13-14-15-16-17-18-19-20-21-22-23-39(43)41-28-30-46-31-29-42-40(44)34(2)35-24-25-37-33-38(45-3)27-26-36(37)32-35/h5-6,8-9,11-12,14-15,17-18,20-21,24-27,32-34H,4,7,10,13,16,19,22-23,28-31H2,1-3H3,(H,41,43)(H,42,44). The summed E-state index contributed by atoms with van der Waals surface area (Å²) in [6, 6.07) is 11.9. The fourth-order valence-electron chi connectivity index (χ4n) is 4.50. The van der Waals surface area contributed by atoms with Gasteiger partial charge in [-0.05, 0) is 80.3 Å². The molecule has 0 radical (unpaired) electrons. The Hall–Kier alpha value is -4.16. The summed E-state index contributed by atoms with van der Waals surface area (Å²) >= 11 is 0. The third-order valence-corrected chi connectivity index (χ3v) is 7.21. The fraction of sp³-hybridized carbons (Fsp3) is 0.400. The molecular formula is C40H54N2O4. The van der Waals surface area contributed by atoms with Gasteiger partial charge in [0.25, 0.3) is 0 Å². The van der Waals surface area contributed by atoms with E-state index in [1.165, 1.54) is 0 Å². The number of fused-ring (bicyclic) bond motifs is 1. The average Bonchev–Trinajstić information content (AvgIpc) is 3.07. The van der Waals surface area contributed by atoms with Crippen LogP contribution in [0.5, 0.6) is 5.75 Å². The van der Waals surface area contributed by atoms with Crippen LogP contribution in [0.4, 0.5) is 0 Å². The Labute approximate surface area is 277 Å². The SMILES string of the molecule is CCC=CCC=CCC=CCC=CCC=CCC=CCCC(=O)NCCOCCNC(=O)C(C)c1ccc2cc(OC)ccc2c1. The molecule has 2 rings (SSSR count). The van der Waals surface area contributed by atoms with Gasteiger partial charge in [-0.3, -0.25) is 9.59 Å². The third-order valence-electron chi connectivity index (χ3n) is 7.21. The Morgan fingerprint density at radius 2 is 1.22 bits per heavy atom. The van der Waals surface area contributed by atoms with Crippen molar-refractivity contribution in [2.75, 3.05) is 33.4 Å². The van der Waals surface area contributed by atoms with Crippen LogP contribution in [0, 0.1) is 0 Å². The van der Waals surface area contributed by atoms with E-state index in [1.807, 2.05) is 49.4 Å². The molecule has 2 amide bonds. The molecule has 0 aromatic heterocycles. The smallest absolute Gasteiger partial charge is 0.227 e. The molecule has 0 aliphatic heterocycles. The molecule has 248 valence electrons. The summed E-state index contributed by atoms with van der Waals surface area (Å²) in [5.41, 5.74) is 0.961. The molecule has 0 saturated heterocycles. The van der Waals surface area contributed by atoms with Gasteiger partial charge in [0, 0.05) is 19.5 Å². The minimum absolute atomic E-state index is 0.0130. The second-order valence-electron chi connectivity index (χ2n) is 10.9. The molecule has 2 aromatic carbocycles. The predicted molar refractivity (Wildman–Crippen MR) is 193 cm³/mol. The monoisotopic (exact) mass is 626 g/mol. The molecule has 1 unspecified atom stereocenters. The van der Waals surface area contributed by atoms with E-state index >= 15 is 0 Å². The second kappa shape index (κ2) is 25.1. The van der Waals surface area contributed by atoms with Crippen LogP contribution >= 0.6 is 0 Å². The van der Waals surface area contributed by atoms with Crippen molar-refractivity contribution in [3.05, 3.63) is 115 Å². The zero-order valence-corrected chi connectivity index (χ0v) is 28.1. The first-order valence-corrected chi connectivity index (χ1v) is 16.6. The van der Waals surface area contributed by atoms with E-state index in [4.69, 9.17) is 9.47 Å². The number of methoxy groups -OCH3 is 1. The first-order valence-electron chi connectivity index (χ1n) is 16.6. The van der Waals surface area contributed by atoms with E-state index < -0.39 is 0 Å². The maximum Gasteiger partial charge on any atom is 0.227 e. The molecule has 0 heterocycles. The molecule has 6 heteroatoms. The average molecular weight is 627 g/mol. The van der Waals surface area contributed by atoms with Gasteiger partial charge in [-0.15, -0.1) is 0 Å². The van der Waals surface area contributed by atoms with E-state index in [0.29, 0.717) is 39.1 Å². The fourth-order valence-corrected chi connectivity index (χ4v) is 4.50. The molecule has 0 fully saturated rings. The second-order valence-corrected chi connectivity index (χ2v) is 10.9. The van der Waals surface area contributed by atoms with E-state index in [2.05, 4.69) is 84.4 Å². The molecular weight excluding hydrogens is 572 g/mol. The van der Waals surface area contributed by atoms with Gasteiger partial charge in [-0.25, -0.2) is 0 Å². The number of amides is 2. The van der Waals surface area contributed by atoms with Crippen LogP contribution in [0.3, 0.4) is 0 Å². The number of benzene rings is 2. The molecule has 0 aliphatic carbocycles. The van der Waals surface area contributed by atoms with E-state index in [9.17, 15) is 9.59 Å². The molecule has 0 spiro atoms. The highest BCUT2D eigenvalue weighted by Gasteiger charge is 2.15. The summed E-state index contributed by atoms with van der Waals surface area (Å²) in [4.78, 5) is 24.6. The van der Waals surface area contributed by atoms with Gasteiger partial charge >= 0.3 is 0 Å². The predicted octanol–water partition coefficient (Wildman–Crippen LogP) is 8.68. The zero-order chi connectivity index (χ0) is 33.1. The minimum atomic E-state index is -0.271. The lowest BCUT2D eigenvalue weighted by Crippen LogP contribution is -2.32. The van der Waals surface area contributed by atoms with Gasteiger partial charge in [-0.2, -0.15) is 0 Å². The molecule has 1 atom stereocenters. The van der Waals surface area contributed by atoms with Crippen molar-refractivity contribution < 1.29 is 19.1 Å². The number of hydrogen-bond acceptors (Lipinski definition) is 4. The molecule has 2 aromatic rings. The summed E-state index contributed by atoms with van der Waals surface area (Å²) < 4.78 is 10.9. The molecule has 0 aliphatic rings. The van der Waals surface area contributed by atoms with Gasteiger partial charge in [0.2, 0.25) is 11.8 Å². The number of nitrogens with one attached hydrogen (secondary N) is 2. The van der Waals surface area contributed by atoms with Crippen LogP contribution in [0.25, 0.3) is 10.8 Å². The first-order chi connectivity index (χ1) is 22.5. The van der Waals surface area contributed by atoms with Gasteiger partial charge < -0.3 is 20.1 Å². The van der Waals surface area contributed by atoms with Crippen molar-refractivity contribution in [3.63, 3.8) is 0 Å². The Morgan fingerprint density at radius 1 is 0.696 bits per heavy atom. The molecule has 0 saturated carbocycles. The highest BCUT2D eigenvalue weighted by atomic mass is 16.5. The van der Waals surface area contributed by atoms with Gasteiger partial charge in [-0.1, -0.05) is 104 Å². The van der Waals surface area contributed by atoms with E-state index in [1.54, 1.807) is 7.11 Å². The zero-order valence-electron chi connectivity index (χ0n) is 28.1. The van der Waals surface area contributed by atoms with E-state index in [-0.39, 0.29) is 17.7 Å². The Morgan fingerprint density at radius 3 is 1.80 bits per heavy atom. The van der Waals surface area contributed by atoms with Gasteiger partial charge in [0.15, 0.2) is 0 Å². The lowest BCUT2D eigenvalue weighted by molar-refractivity contribution is -0.122. The quantitative estimate of drug-likeness (QED) is 0.0956.